The van der Waals surface area contributed by atoms with E-state index in [2.05, 4.69) is 46.3 Å². The van der Waals surface area contributed by atoms with E-state index >= 15 is 0 Å². The Bertz CT molecular complexity index is 2100. The molecule has 0 radical (unpaired) electrons. The summed E-state index contributed by atoms with van der Waals surface area (Å²) in [4.78, 5) is 44.7. The number of anilines is 2. The fourth-order valence-corrected chi connectivity index (χ4v) is 14.4. The van der Waals surface area contributed by atoms with Crippen LogP contribution in [0.1, 0.15) is 128 Å². The molecule has 0 bridgehead atoms. The van der Waals surface area contributed by atoms with Crippen LogP contribution in [0.4, 0.5) is 25.0 Å². The Kier molecular flexibility index (Phi) is 17.0. The predicted octanol–water partition coefficient (Wildman–Crippen LogP) is 7.68. The van der Waals surface area contributed by atoms with Crippen molar-refractivity contribution in [2.75, 3.05) is 135 Å². The van der Waals surface area contributed by atoms with Crippen molar-refractivity contribution in [3.63, 3.8) is 0 Å². The monoisotopic (exact) mass is 1010 g/mol. The minimum atomic E-state index is -0.394. The quantitative estimate of drug-likeness (QED) is 0.228. The third-order valence-corrected chi connectivity index (χ3v) is 18.0. The molecule has 12 rings (SSSR count). The number of nitrogens with zero attached hydrogens (tertiary/aromatic N) is 8. The number of ether oxygens (including phenoxy) is 5. The first-order chi connectivity index (χ1) is 34.9. The second-order valence-corrected chi connectivity index (χ2v) is 22.7. The number of aromatic nitrogens is 2. The van der Waals surface area contributed by atoms with Crippen LogP contribution in [0.25, 0.3) is 0 Å². The van der Waals surface area contributed by atoms with Gasteiger partial charge in [-0.15, -0.1) is 0 Å². The summed E-state index contributed by atoms with van der Waals surface area (Å²) in [6.45, 7) is 24.3. The fourth-order valence-electron chi connectivity index (χ4n) is 14.4. The van der Waals surface area contributed by atoms with Crippen LogP contribution in [-0.2, 0) is 28.5 Å². The summed E-state index contributed by atoms with van der Waals surface area (Å²) in [6.07, 6.45) is 16.2. The molecule has 4 spiro atoms. The predicted molar refractivity (Wildman–Crippen MR) is 272 cm³/mol. The second-order valence-electron chi connectivity index (χ2n) is 22.7. The molecule has 15 nitrogen and oxygen atoms in total. The molecule has 72 heavy (non-hydrogen) atoms. The molecule has 2 aromatic rings. The molecule has 17 heteroatoms. The van der Waals surface area contributed by atoms with Crippen molar-refractivity contribution in [3.05, 3.63) is 47.5 Å². The number of piperazine rings is 2. The lowest BCUT2D eigenvalue weighted by molar-refractivity contribution is -0.178. The molecule has 10 fully saturated rings. The number of carbonyl (C=O) groups excluding carboxylic acids is 2. The molecule has 2 unspecified atom stereocenters. The summed E-state index contributed by atoms with van der Waals surface area (Å²) in [5.41, 5.74) is 5.47. The Morgan fingerprint density at radius 3 is 1.61 bits per heavy atom. The molecule has 4 aliphatic carbocycles. The van der Waals surface area contributed by atoms with Crippen LogP contribution in [0.15, 0.2) is 24.5 Å². The largest absolute Gasteiger partial charge is 0.468 e. The van der Waals surface area contributed by atoms with Crippen molar-refractivity contribution in [3.8, 4) is 0 Å². The number of rotatable bonds is 9. The van der Waals surface area contributed by atoms with Gasteiger partial charge in [0, 0.05) is 138 Å². The van der Waals surface area contributed by atoms with Gasteiger partial charge in [0.05, 0.1) is 74.8 Å². The molecule has 400 valence electrons. The number of pyridine rings is 2. The van der Waals surface area contributed by atoms with E-state index in [0.29, 0.717) is 61.6 Å². The van der Waals surface area contributed by atoms with Crippen LogP contribution in [0.3, 0.4) is 0 Å². The molecule has 6 saturated heterocycles. The van der Waals surface area contributed by atoms with Crippen LogP contribution < -0.4 is 9.80 Å². The summed E-state index contributed by atoms with van der Waals surface area (Å²) >= 11 is 0. The second kappa shape index (κ2) is 23.0. The Morgan fingerprint density at radius 1 is 0.681 bits per heavy atom. The highest BCUT2D eigenvalue weighted by Gasteiger charge is 2.53. The number of halogens is 2. The highest BCUT2D eigenvalue weighted by Crippen LogP contribution is 2.56. The average molecular weight is 1010 g/mol. The van der Waals surface area contributed by atoms with Gasteiger partial charge in [0.1, 0.15) is 11.6 Å². The van der Waals surface area contributed by atoms with E-state index in [-0.39, 0.29) is 23.1 Å². The summed E-state index contributed by atoms with van der Waals surface area (Å²) in [7, 11) is 2.24. The van der Waals surface area contributed by atoms with E-state index in [1.165, 1.54) is 57.6 Å². The van der Waals surface area contributed by atoms with Gasteiger partial charge in [0.25, 0.3) is 6.47 Å². The van der Waals surface area contributed by atoms with Gasteiger partial charge in [-0.1, -0.05) is 13.8 Å². The highest BCUT2D eigenvalue weighted by atomic mass is 19.1. The minimum Gasteiger partial charge on any atom is -0.468 e. The van der Waals surface area contributed by atoms with Gasteiger partial charge in [-0.25, -0.2) is 13.6 Å². The lowest BCUT2D eigenvalue weighted by Gasteiger charge is -2.53. The standard InChI is InChI=1S/C27H39FN4O4.C23H33FN4O.C3H6O2.C2H6/c1-2-34-25(33)32-18-26(19-32)6-5-22(16-26)30-9-11-31(12-10-30)23-15-21(28)17-29-24(23)20-3-7-27(8-4-20)35-13-14-36-27;1-26-13-22(14-26)3-2-19(11-22)27-4-6-28(7-5-27)20-8-18(24)12-25-21(20)17-9-23(10-17)15-29-16-23;1-2-5-3-4;1-2/h15,17,20,22H,2-14,16,18-19H2,1H3;8,12,17,19H,2-7,9-11,13-16H2,1H3;3H,2H2,1H3;1-2H3. The molecule has 4 saturated carbocycles. The summed E-state index contributed by atoms with van der Waals surface area (Å²) in [5, 5.41) is 0. The van der Waals surface area contributed by atoms with Crippen LogP contribution in [0.5, 0.6) is 0 Å². The Balaban J connectivity index is 0.000000160. The van der Waals surface area contributed by atoms with Crippen LogP contribution >= 0.6 is 0 Å². The first-order valence-electron chi connectivity index (χ1n) is 27.7. The molecular formula is C55H84F2N8O7. The smallest absolute Gasteiger partial charge is 0.409 e. The van der Waals surface area contributed by atoms with E-state index in [4.69, 9.17) is 18.9 Å². The van der Waals surface area contributed by atoms with Gasteiger partial charge in [-0.2, -0.15) is 0 Å². The lowest BCUT2D eigenvalue weighted by atomic mass is 9.59. The SMILES string of the molecule is CC.CCOC(=O)N1CC2(CCC(N3CCN(c4cc(F)cnc4C4CCC5(CC4)OCCO5)CC3)C2)C1.CCOC=O.CN1CC2(CCC(N3CCN(c4cc(F)cnc4C4CC5(COC5)C4)CC3)C2)C1. The molecule has 2 atom stereocenters. The van der Waals surface area contributed by atoms with E-state index < -0.39 is 5.79 Å². The zero-order valence-corrected chi connectivity index (χ0v) is 44.1. The minimum absolute atomic E-state index is 0.170. The maximum Gasteiger partial charge on any atom is 0.409 e. The van der Waals surface area contributed by atoms with Crippen molar-refractivity contribution < 1.29 is 42.1 Å². The zero-order chi connectivity index (χ0) is 50.5. The summed E-state index contributed by atoms with van der Waals surface area (Å²) in [6, 6.07) is 4.74. The van der Waals surface area contributed by atoms with E-state index in [1.54, 1.807) is 19.1 Å². The van der Waals surface area contributed by atoms with Crippen molar-refractivity contribution in [2.24, 2.45) is 16.2 Å². The first-order valence-corrected chi connectivity index (χ1v) is 27.7. The summed E-state index contributed by atoms with van der Waals surface area (Å²) in [5.74, 6) is -0.0845. The Labute approximate surface area is 427 Å². The maximum absolute atomic E-state index is 14.3. The lowest BCUT2D eigenvalue weighted by Crippen LogP contribution is -2.58. The molecule has 0 aromatic carbocycles. The van der Waals surface area contributed by atoms with Gasteiger partial charge in [0.15, 0.2) is 5.79 Å². The maximum atomic E-state index is 14.3. The van der Waals surface area contributed by atoms with Gasteiger partial charge in [-0.3, -0.25) is 24.6 Å². The van der Waals surface area contributed by atoms with Crippen molar-refractivity contribution in [1.82, 2.24) is 29.6 Å². The average Bonchev–Trinajstić information content (AvgIpc) is 4.13. The number of hydrogen-bond acceptors (Lipinski definition) is 14. The van der Waals surface area contributed by atoms with Gasteiger partial charge >= 0.3 is 6.09 Å². The van der Waals surface area contributed by atoms with Gasteiger partial charge < -0.3 is 43.3 Å². The third-order valence-electron chi connectivity index (χ3n) is 18.0. The van der Waals surface area contributed by atoms with E-state index in [1.807, 2.05) is 25.7 Å². The fraction of sp³-hybridized carbons (Fsp3) is 0.782. The molecule has 6 aliphatic heterocycles. The van der Waals surface area contributed by atoms with Crippen LogP contribution in [0, 0.1) is 27.9 Å². The van der Waals surface area contributed by atoms with Crippen molar-refractivity contribution in [2.45, 2.75) is 134 Å². The van der Waals surface area contributed by atoms with Crippen LogP contribution in [0.2, 0.25) is 0 Å². The molecular weight excluding hydrogens is 923 g/mol. The van der Waals surface area contributed by atoms with Crippen LogP contribution in [-0.4, -0.2) is 185 Å². The molecule has 0 N–H and O–H groups in total. The van der Waals surface area contributed by atoms with Crippen molar-refractivity contribution in [1.29, 1.82) is 0 Å². The topological polar surface area (TPSA) is 126 Å². The number of likely N-dealkylation sites (tertiary alicyclic amines) is 2. The molecule has 1 amide bonds. The Morgan fingerprint density at radius 2 is 1.18 bits per heavy atom. The van der Waals surface area contributed by atoms with Gasteiger partial charge in [-0.05, 0) is 90.5 Å². The third kappa shape index (κ3) is 11.6. The van der Waals surface area contributed by atoms with E-state index in [0.717, 1.165) is 152 Å². The van der Waals surface area contributed by atoms with E-state index in [9.17, 15) is 18.4 Å². The van der Waals surface area contributed by atoms with Gasteiger partial charge in [0.2, 0.25) is 0 Å². The Hall–Kier alpha value is -3.74. The zero-order valence-electron chi connectivity index (χ0n) is 44.1. The normalized spacial score (nSPS) is 28.1. The van der Waals surface area contributed by atoms with Crippen molar-refractivity contribution >= 4 is 23.9 Å². The molecule has 10 aliphatic rings. The number of carbonyl (C=O) groups is 2. The number of amides is 1. The molecule has 2 aromatic heterocycles. The summed E-state index contributed by atoms with van der Waals surface area (Å²) < 4.78 is 54.9. The first kappa shape index (κ1) is 53.1. The molecule has 8 heterocycles. The number of hydrogen-bond donors (Lipinski definition) is 0. The highest BCUT2D eigenvalue weighted by molar-refractivity contribution is 5.69.